The summed E-state index contributed by atoms with van der Waals surface area (Å²) in [5.74, 6) is 0. The van der Waals surface area contributed by atoms with Crippen LogP contribution in [0.2, 0.25) is 0 Å². The first-order valence-corrected chi connectivity index (χ1v) is 19.5. The predicted molar refractivity (Wildman–Crippen MR) is 240 cm³/mol. The van der Waals surface area contributed by atoms with Crippen LogP contribution < -0.4 is 0 Å². The molecule has 0 N–H and O–H groups in total. The summed E-state index contributed by atoms with van der Waals surface area (Å²) in [5, 5.41) is 5.07. The van der Waals surface area contributed by atoms with Crippen LogP contribution in [0.3, 0.4) is 0 Å². The van der Waals surface area contributed by atoms with Crippen molar-refractivity contribution in [1.29, 1.82) is 0 Å². The lowest BCUT2D eigenvalue weighted by molar-refractivity contribution is 0.590. The number of para-hydroxylation sites is 3. The molecule has 0 spiro atoms. The molecule has 10 rings (SSSR count). The van der Waals surface area contributed by atoms with Gasteiger partial charge in [-0.1, -0.05) is 160 Å². The fourth-order valence-corrected chi connectivity index (χ4v) is 8.31. The Bertz CT molecular complexity index is 3060. The second kappa shape index (κ2) is 13.4. The Morgan fingerprint density at radius 1 is 0.339 bits per heavy atom. The van der Waals surface area contributed by atoms with Gasteiger partial charge in [-0.3, -0.25) is 0 Å². The maximum Gasteiger partial charge on any atom is 0.0541 e. The lowest BCUT2D eigenvalue weighted by Crippen LogP contribution is -2.10. The van der Waals surface area contributed by atoms with Crippen molar-refractivity contribution in [2.24, 2.45) is 0 Å². The first kappa shape index (κ1) is 33.7. The van der Waals surface area contributed by atoms with Crippen LogP contribution in [0.1, 0.15) is 37.5 Å². The summed E-state index contributed by atoms with van der Waals surface area (Å²) in [6, 6.07) is 68.6. The van der Waals surface area contributed by atoms with Crippen molar-refractivity contribution < 1.29 is 0 Å². The Balaban J connectivity index is 0.896. The lowest BCUT2D eigenvalue weighted by Gasteiger charge is -2.19. The Labute approximate surface area is 328 Å². The van der Waals surface area contributed by atoms with Gasteiger partial charge in [0.2, 0.25) is 0 Å². The zero-order chi connectivity index (χ0) is 37.8. The summed E-state index contributed by atoms with van der Waals surface area (Å²) in [5.41, 5.74) is 15.9. The van der Waals surface area contributed by atoms with Gasteiger partial charge in [-0.25, -0.2) is 0 Å². The maximum absolute atomic E-state index is 2.39. The number of hydrogen-bond donors (Lipinski definition) is 0. The molecule has 0 atom stereocenters. The van der Waals surface area contributed by atoms with Gasteiger partial charge >= 0.3 is 0 Å². The van der Waals surface area contributed by atoms with Crippen molar-refractivity contribution in [1.82, 2.24) is 9.13 Å². The molecular formula is C54H42N2. The van der Waals surface area contributed by atoms with Gasteiger partial charge in [0.05, 0.1) is 22.1 Å². The smallest absolute Gasteiger partial charge is 0.0541 e. The van der Waals surface area contributed by atoms with E-state index in [0.29, 0.717) is 0 Å². The summed E-state index contributed by atoms with van der Waals surface area (Å²) in [6.45, 7) is 6.79. The Morgan fingerprint density at radius 2 is 0.732 bits per heavy atom. The third-order valence-corrected chi connectivity index (χ3v) is 11.3. The fourth-order valence-electron chi connectivity index (χ4n) is 8.31. The molecule has 268 valence electrons. The van der Waals surface area contributed by atoms with Crippen molar-refractivity contribution in [3.8, 4) is 33.6 Å². The van der Waals surface area contributed by atoms with Crippen LogP contribution in [0.4, 0.5) is 0 Å². The van der Waals surface area contributed by atoms with Gasteiger partial charge in [-0.15, -0.1) is 0 Å². The average molecular weight is 719 g/mol. The molecule has 0 aliphatic rings. The predicted octanol–water partition coefficient (Wildman–Crippen LogP) is 14.7. The Morgan fingerprint density at radius 3 is 1.20 bits per heavy atom. The molecule has 0 fully saturated rings. The van der Waals surface area contributed by atoms with Crippen molar-refractivity contribution >= 4 is 55.8 Å². The van der Waals surface area contributed by atoms with E-state index < -0.39 is 0 Å². The molecule has 2 heterocycles. The molecule has 0 radical (unpaired) electrons. The third kappa shape index (κ3) is 5.91. The highest BCUT2D eigenvalue weighted by atomic mass is 15.0. The van der Waals surface area contributed by atoms with Crippen LogP contribution >= 0.6 is 0 Å². The Hall–Kier alpha value is -6.90. The molecule has 0 amide bonds. The highest BCUT2D eigenvalue weighted by Crippen LogP contribution is 2.37. The van der Waals surface area contributed by atoms with Crippen LogP contribution in [0.5, 0.6) is 0 Å². The standard InChI is InChI=1S/C54H42N2/c1-54(2,3)43-29-31-45(32-30-43)56-51-16-10-8-14-47(51)49-36-42(28-34-53(49)56)40-25-21-38(22-26-40)18-17-37-19-23-39(24-20-37)41-27-33-52-48(35-41)46-13-7-9-15-50(46)55(52)44-11-5-4-6-12-44/h4-36H,1-3H3. The molecule has 2 aromatic heterocycles. The maximum atomic E-state index is 2.39. The topological polar surface area (TPSA) is 9.86 Å². The highest BCUT2D eigenvalue weighted by molar-refractivity contribution is 6.11. The molecule has 2 heteroatoms. The minimum Gasteiger partial charge on any atom is -0.309 e. The molecule has 0 bridgehead atoms. The molecule has 0 saturated carbocycles. The Kier molecular flexibility index (Phi) is 8.08. The highest BCUT2D eigenvalue weighted by Gasteiger charge is 2.17. The van der Waals surface area contributed by atoms with E-state index in [1.165, 1.54) is 93.9 Å². The molecule has 8 aromatic carbocycles. The molecule has 0 aliphatic carbocycles. The molecule has 2 nitrogen and oxygen atoms in total. The minimum absolute atomic E-state index is 0.121. The molecule has 0 unspecified atom stereocenters. The summed E-state index contributed by atoms with van der Waals surface area (Å²) >= 11 is 0. The molecule has 0 aliphatic heterocycles. The van der Waals surface area contributed by atoms with Crippen molar-refractivity contribution in [2.45, 2.75) is 26.2 Å². The zero-order valence-electron chi connectivity index (χ0n) is 31.9. The van der Waals surface area contributed by atoms with Gasteiger partial charge in [-0.05, 0) is 105 Å². The van der Waals surface area contributed by atoms with Gasteiger partial charge < -0.3 is 9.13 Å². The van der Waals surface area contributed by atoms with Crippen LogP contribution in [-0.2, 0) is 5.41 Å². The van der Waals surface area contributed by atoms with E-state index in [2.05, 4.69) is 230 Å². The van der Waals surface area contributed by atoms with Crippen molar-refractivity contribution in [3.63, 3.8) is 0 Å². The van der Waals surface area contributed by atoms with Crippen LogP contribution in [0.15, 0.2) is 188 Å². The second-order valence-corrected chi connectivity index (χ2v) is 15.9. The monoisotopic (exact) mass is 718 g/mol. The fraction of sp³-hybridized carbons (Fsp3) is 0.0741. The number of aromatic nitrogens is 2. The van der Waals surface area contributed by atoms with Gasteiger partial charge in [0.25, 0.3) is 0 Å². The first-order chi connectivity index (χ1) is 27.4. The van der Waals surface area contributed by atoms with E-state index in [-0.39, 0.29) is 5.41 Å². The van der Waals surface area contributed by atoms with Gasteiger partial charge in [-0.2, -0.15) is 0 Å². The average Bonchev–Trinajstić information content (AvgIpc) is 3.75. The van der Waals surface area contributed by atoms with Gasteiger partial charge in [0.15, 0.2) is 0 Å². The quantitative estimate of drug-likeness (QED) is 0.152. The SMILES string of the molecule is CC(C)(C)c1ccc(-n2c3ccccc3c3cc(-c4ccc(C=Cc5ccc(-c6ccc7c(c6)c6ccccc6n7-c6ccccc6)cc5)cc4)ccc32)cc1. The largest absolute Gasteiger partial charge is 0.309 e. The summed E-state index contributed by atoms with van der Waals surface area (Å²) < 4.78 is 4.76. The van der Waals surface area contributed by atoms with Crippen LogP contribution in [-0.4, -0.2) is 9.13 Å². The van der Waals surface area contributed by atoms with Crippen LogP contribution in [0, 0.1) is 0 Å². The first-order valence-electron chi connectivity index (χ1n) is 19.5. The molecule has 10 aromatic rings. The number of benzene rings is 8. The lowest BCUT2D eigenvalue weighted by atomic mass is 9.87. The number of fused-ring (bicyclic) bond motifs is 6. The van der Waals surface area contributed by atoms with Gasteiger partial charge in [0, 0.05) is 32.9 Å². The van der Waals surface area contributed by atoms with E-state index in [0.717, 1.165) is 0 Å². The van der Waals surface area contributed by atoms with Crippen molar-refractivity contribution in [2.75, 3.05) is 0 Å². The zero-order valence-corrected chi connectivity index (χ0v) is 31.9. The third-order valence-electron chi connectivity index (χ3n) is 11.3. The summed E-state index contributed by atoms with van der Waals surface area (Å²) in [7, 11) is 0. The summed E-state index contributed by atoms with van der Waals surface area (Å²) in [6.07, 6.45) is 4.40. The molecule has 56 heavy (non-hydrogen) atoms. The number of rotatable bonds is 6. The van der Waals surface area contributed by atoms with E-state index in [4.69, 9.17) is 0 Å². The second-order valence-electron chi connectivity index (χ2n) is 15.9. The van der Waals surface area contributed by atoms with E-state index in [1.807, 2.05) is 0 Å². The van der Waals surface area contributed by atoms with E-state index in [1.54, 1.807) is 0 Å². The summed E-state index contributed by atoms with van der Waals surface area (Å²) in [4.78, 5) is 0. The van der Waals surface area contributed by atoms with Crippen molar-refractivity contribution in [3.05, 3.63) is 205 Å². The van der Waals surface area contributed by atoms with E-state index in [9.17, 15) is 0 Å². The number of hydrogen-bond acceptors (Lipinski definition) is 0. The van der Waals surface area contributed by atoms with Gasteiger partial charge in [0.1, 0.15) is 0 Å². The molecule has 0 saturated heterocycles. The minimum atomic E-state index is 0.121. The van der Waals surface area contributed by atoms with Crippen LogP contribution in [0.25, 0.3) is 89.4 Å². The van der Waals surface area contributed by atoms with E-state index >= 15 is 0 Å². The number of nitrogens with zero attached hydrogens (tertiary/aromatic N) is 2. The normalized spacial score (nSPS) is 12.1. The molecular weight excluding hydrogens is 677 g/mol.